The summed E-state index contributed by atoms with van der Waals surface area (Å²) in [6, 6.07) is 0.414. The van der Waals surface area contributed by atoms with E-state index >= 15 is 0 Å². The number of hydrogen-bond acceptors (Lipinski definition) is 4. The molecular formula is C17H31N3O3. The van der Waals surface area contributed by atoms with Gasteiger partial charge in [-0.15, -0.1) is 0 Å². The summed E-state index contributed by atoms with van der Waals surface area (Å²) >= 11 is 0. The van der Waals surface area contributed by atoms with Gasteiger partial charge < -0.3 is 20.7 Å². The summed E-state index contributed by atoms with van der Waals surface area (Å²) in [5.74, 6) is 0.131. The molecule has 0 bridgehead atoms. The van der Waals surface area contributed by atoms with Crippen molar-refractivity contribution < 1.29 is 14.3 Å². The maximum atomic E-state index is 11.9. The van der Waals surface area contributed by atoms with Gasteiger partial charge in [-0.05, 0) is 40.5 Å². The molecule has 0 aromatic rings. The van der Waals surface area contributed by atoms with Gasteiger partial charge in [0.15, 0.2) is 0 Å². The second kappa shape index (κ2) is 5.96. The Bertz CT molecular complexity index is 484. The molecule has 0 aromatic carbocycles. The van der Waals surface area contributed by atoms with E-state index in [0.29, 0.717) is 12.5 Å². The number of hydrogen-bond donors (Lipinski definition) is 3. The van der Waals surface area contributed by atoms with Crippen molar-refractivity contribution in [2.24, 2.45) is 5.41 Å². The van der Waals surface area contributed by atoms with Gasteiger partial charge in [0.05, 0.1) is 5.54 Å². The van der Waals surface area contributed by atoms with Crippen LogP contribution in [-0.4, -0.2) is 41.8 Å². The number of rotatable bonds is 4. The largest absolute Gasteiger partial charge is 0.444 e. The van der Waals surface area contributed by atoms with Gasteiger partial charge in [-0.25, -0.2) is 4.79 Å². The summed E-state index contributed by atoms with van der Waals surface area (Å²) in [4.78, 5) is 23.3. The summed E-state index contributed by atoms with van der Waals surface area (Å²) in [6.45, 7) is 12.7. The van der Waals surface area contributed by atoms with Gasteiger partial charge in [-0.2, -0.15) is 0 Å². The van der Waals surface area contributed by atoms with E-state index in [9.17, 15) is 9.59 Å². The van der Waals surface area contributed by atoms with Gasteiger partial charge >= 0.3 is 6.09 Å². The minimum Gasteiger partial charge on any atom is -0.444 e. The summed E-state index contributed by atoms with van der Waals surface area (Å²) in [5.41, 5.74) is -0.683. The Morgan fingerprint density at radius 1 is 1.30 bits per heavy atom. The molecule has 2 amide bonds. The van der Waals surface area contributed by atoms with E-state index in [1.54, 1.807) is 0 Å². The summed E-state index contributed by atoms with van der Waals surface area (Å²) in [7, 11) is 0. The summed E-state index contributed by atoms with van der Waals surface area (Å²) in [6.07, 6.45) is 1.99. The van der Waals surface area contributed by atoms with Gasteiger partial charge in [0.2, 0.25) is 5.91 Å². The fourth-order valence-corrected chi connectivity index (χ4v) is 3.30. The number of alkyl carbamates (subject to hydrolysis) is 1. The molecule has 0 aromatic heterocycles. The van der Waals surface area contributed by atoms with Crippen LogP contribution in [0.15, 0.2) is 0 Å². The SMILES string of the molecule is CC1(CNC2CC(NC(=O)OC(C)(C)C)C2(C)C)CCC(=O)N1. The van der Waals surface area contributed by atoms with Crippen LogP contribution in [0.4, 0.5) is 4.79 Å². The second-order valence-corrected chi connectivity index (χ2v) is 8.80. The maximum Gasteiger partial charge on any atom is 0.407 e. The molecule has 0 radical (unpaired) electrons. The summed E-state index contributed by atoms with van der Waals surface area (Å²) in [5, 5.41) is 9.56. The molecule has 2 aliphatic rings. The lowest BCUT2D eigenvalue weighted by Crippen LogP contribution is -2.67. The molecule has 6 heteroatoms. The van der Waals surface area contributed by atoms with Crippen molar-refractivity contribution in [3.05, 3.63) is 0 Å². The lowest BCUT2D eigenvalue weighted by atomic mass is 9.62. The molecule has 23 heavy (non-hydrogen) atoms. The Hall–Kier alpha value is -1.30. The second-order valence-electron chi connectivity index (χ2n) is 8.80. The van der Waals surface area contributed by atoms with Gasteiger partial charge in [-0.3, -0.25) is 4.79 Å². The van der Waals surface area contributed by atoms with Crippen molar-refractivity contribution in [3.63, 3.8) is 0 Å². The minimum atomic E-state index is -0.481. The molecule has 2 fully saturated rings. The van der Waals surface area contributed by atoms with E-state index in [-0.39, 0.29) is 29.0 Å². The first-order valence-corrected chi connectivity index (χ1v) is 8.45. The van der Waals surface area contributed by atoms with Crippen LogP contribution in [-0.2, 0) is 9.53 Å². The van der Waals surface area contributed by atoms with Crippen molar-refractivity contribution >= 4 is 12.0 Å². The highest BCUT2D eigenvalue weighted by Gasteiger charge is 2.49. The highest BCUT2D eigenvalue weighted by atomic mass is 16.6. The predicted molar refractivity (Wildman–Crippen MR) is 89.1 cm³/mol. The first-order chi connectivity index (χ1) is 10.4. The van der Waals surface area contributed by atoms with Crippen molar-refractivity contribution in [2.45, 2.75) is 84.0 Å². The average molecular weight is 325 g/mol. The first-order valence-electron chi connectivity index (χ1n) is 8.45. The number of carbonyl (C=O) groups is 2. The quantitative estimate of drug-likeness (QED) is 0.738. The third-order valence-electron chi connectivity index (χ3n) is 5.04. The lowest BCUT2D eigenvalue weighted by Gasteiger charge is -2.53. The molecule has 1 aliphatic heterocycles. The fraction of sp³-hybridized carbons (Fsp3) is 0.882. The Morgan fingerprint density at radius 2 is 1.96 bits per heavy atom. The highest BCUT2D eigenvalue weighted by molar-refractivity contribution is 5.79. The van der Waals surface area contributed by atoms with Crippen LogP contribution in [0.1, 0.15) is 60.8 Å². The van der Waals surface area contributed by atoms with E-state index in [4.69, 9.17) is 4.74 Å². The Morgan fingerprint density at radius 3 is 2.43 bits per heavy atom. The van der Waals surface area contributed by atoms with Crippen LogP contribution in [0.3, 0.4) is 0 Å². The topological polar surface area (TPSA) is 79.5 Å². The Kier molecular flexibility index (Phi) is 4.68. The molecule has 3 N–H and O–H groups in total. The lowest BCUT2D eigenvalue weighted by molar-refractivity contribution is -0.119. The minimum absolute atomic E-state index is 0.0458. The average Bonchev–Trinajstić information content (AvgIpc) is 2.71. The van der Waals surface area contributed by atoms with Gasteiger partial charge in [0, 0.05) is 30.5 Å². The zero-order valence-corrected chi connectivity index (χ0v) is 15.2. The van der Waals surface area contributed by atoms with E-state index in [1.165, 1.54) is 0 Å². The van der Waals surface area contributed by atoms with Crippen LogP contribution in [0.25, 0.3) is 0 Å². The highest BCUT2D eigenvalue weighted by Crippen LogP contribution is 2.41. The van der Waals surface area contributed by atoms with E-state index in [1.807, 2.05) is 20.8 Å². The van der Waals surface area contributed by atoms with Crippen molar-refractivity contribution in [1.29, 1.82) is 0 Å². The molecule has 2 rings (SSSR count). The third-order valence-corrected chi connectivity index (χ3v) is 5.04. The number of nitrogens with one attached hydrogen (secondary N) is 3. The van der Waals surface area contributed by atoms with Crippen molar-refractivity contribution in [3.8, 4) is 0 Å². The zero-order chi connectivity index (χ0) is 17.5. The number of carbonyl (C=O) groups excluding carboxylic acids is 2. The molecule has 132 valence electrons. The van der Waals surface area contributed by atoms with Crippen LogP contribution in [0, 0.1) is 5.41 Å². The third kappa shape index (κ3) is 4.37. The van der Waals surface area contributed by atoms with Crippen LogP contribution in [0.2, 0.25) is 0 Å². The molecule has 3 atom stereocenters. The Balaban J connectivity index is 1.80. The van der Waals surface area contributed by atoms with E-state index < -0.39 is 5.60 Å². The molecule has 1 saturated carbocycles. The standard InChI is InChI=1S/C17H31N3O3/c1-15(2,3)23-14(22)19-12-9-11(16(12,4)5)18-10-17(6)8-7-13(21)20-17/h11-12,18H,7-10H2,1-6H3,(H,19,22)(H,20,21). The van der Waals surface area contributed by atoms with Gasteiger partial charge in [0.1, 0.15) is 5.60 Å². The van der Waals surface area contributed by atoms with Crippen molar-refractivity contribution in [1.82, 2.24) is 16.0 Å². The van der Waals surface area contributed by atoms with Crippen LogP contribution >= 0.6 is 0 Å². The van der Waals surface area contributed by atoms with Gasteiger partial charge in [0.25, 0.3) is 0 Å². The normalized spacial score (nSPS) is 32.9. The molecule has 1 saturated heterocycles. The fourth-order valence-electron chi connectivity index (χ4n) is 3.30. The van der Waals surface area contributed by atoms with Crippen LogP contribution in [0.5, 0.6) is 0 Å². The number of amides is 2. The molecule has 1 heterocycles. The molecule has 0 spiro atoms. The number of ether oxygens (including phenoxy) is 1. The zero-order valence-electron chi connectivity index (χ0n) is 15.2. The molecule has 6 nitrogen and oxygen atoms in total. The monoisotopic (exact) mass is 325 g/mol. The molecule has 3 unspecified atom stereocenters. The predicted octanol–water partition coefficient (Wildman–Crippen LogP) is 1.94. The molecular weight excluding hydrogens is 294 g/mol. The van der Waals surface area contributed by atoms with Crippen molar-refractivity contribution in [2.75, 3.05) is 6.54 Å². The first kappa shape index (κ1) is 18.0. The summed E-state index contributed by atoms with van der Waals surface area (Å²) < 4.78 is 5.32. The van der Waals surface area contributed by atoms with Gasteiger partial charge in [-0.1, -0.05) is 13.8 Å². The molecule has 1 aliphatic carbocycles. The van der Waals surface area contributed by atoms with E-state index in [0.717, 1.165) is 19.4 Å². The van der Waals surface area contributed by atoms with E-state index in [2.05, 4.69) is 36.7 Å². The van der Waals surface area contributed by atoms with Crippen LogP contribution < -0.4 is 16.0 Å². The smallest absolute Gasteiger partial charge is 0.407 e. The maximum absolute atomic E-state index is 11.9. The Labute approximate surface area is 139 Å².